The fourth-order valence-corrected chi connectivity index (χ4v) is 6.33. The lowest BCUT2D eigenvalue weighted by Crippen LogP contribution is -2.64. The first kappa shape index (κ1) is 25.1. The van der Waals surface area contributed by atoms with Gasteiger partial charge in [0.05, 0.1) is 12.6 Å². The number of rotatable bonds is 5. The number of carbonyl (C=O) groups excluding carboxylic acids is 2. The van der Waals surface area contributed by atoms with Gasteiger partial charge in [-0.15, -0.1) is 0 Å². The third kappa shape index (κ3) is 4.83. The van der Waals surface area contributed by atoms with E-state index in [1.165, 1.54) is 0 Å². The number of likely N-dealkylation sites (N-methyl/N-ethyl adjacent to an activating group) is 1. The Morgan fingerprint density at radius 1 is 1.24 bits per heavy atom. The van der Waals surface area contributed by atoms with Gasteiger partial charge in [-0.1, -0.05) is 24.3 Å². The van der Waals surface area contributed by atoms with Crippen LogP contribution in [0.25, 0.3) is 11.0 Å². The number of allylic oxidation sites excluding steroid dienone is 2. The third-order valence-electron chi connectivity index (χ3n) is 8.75. The summed E-state index contributed by atoms with van der Waals surface area (Å²) in [4.78, 5) is 34.5. The molecule has 2 amide bonds. The van der Waals surface area contributed by atoms with Crippen molar-refractivity contribution in [3.8, 4) is 0 Å². The average Bonchev–Trinajstić information content (AvgIpc) is 3.12. The number of aryl methyl sites for hydroxylation is 1. The van der Waals surface area contributed by atoms with Gasteiger partial charge < -0.3 is 19.4 Å². The number of carbonyl (C=O) groups is 2. The molecular weight excluding hydrogens is 480 g/mol. The van der Waals surface area contributed by atoms with E-state index in [2.05, 4.69) is 21.3 Å². The van der Waals surface area contributed by atoms with Gasteiger partial charge in [-0.3, -0.25) is 19.5 Å². The number of para-hydroxylation sites is 1. The van der Waals surface area contributed by atoms with Crippen LogP contribution in [0.5, 0.6) is 0 Å². The summed E-state index contributed by atoms with van der Waals surface area (Å²) in [6, 6.07) is 7.83. The molecule has 3 atom stereocenters. The first-order valence-corrected chi connectivity index (χ1v) is 13.7. The van der Waals surface area contributed by atoms with Crippen LogP contribution < -0.4 is 5.32 Å². The van der Waals surface area contributed by atoms with Gasteiger partial charge >= 0.3 is 0 Å². The normalized spacial score (nSPS) is 27.1. The summed E-state index contributed by atoms with van der Waals surface area (Å²) in [5.74, 6) is 0.903. The van der Waals surface area contributed by atoms with E-state index in [1.54, 1.807) is 24.2 Å². The van der Waals surface area contributed by atoms with Gasteiger partial charge in [-0.05, 0) is 50.3 Å². The summed E-state index contributed by atoms with van der Waals surface area (Å²) < 4.78 is 11.5. The molecule has 3 saturated heterocycles. The highest BCUT2D eigenvalue weighted by Gasteiger charge is 2.48. The van der Waals surface area contributed by atoms with E-state index < -0.39 is 0 Å². The fraction of sp³-hybridized carbons (Fsp3) is 0.500. The SMILES string of the molecule is Cc1c(CN(C)C(=O)/C=C/C2=CC3CCC(N4CC5(CCOCC5)C4)C(=O)NC3N=C2)oc2ccccc12. The number of nitrogens with one attached hydrogen (secondary N) is 1. The van der Waals surface area contributed by atoms with Crippen LogP contribution in [0.15, 0.2) is 57.5 Å². The zero-order valence-corrected chi connectivity index (χ0v) is 22.2. The van der Waals surface area contributed by atoms with Crippen LogP contribution in [-0.4, -0.2) is 73.4 Å². The van der Waals surface area contributed by atoms with Crippen LogP contribution in [-0.2, 0) is 20.9 Å². The van der Waals surface area contributed by atoms with Crippen LogP contribution in [0.3, 0.4) is 0 Å². The van der Waals surface area contributed by atoms with Crippen molar-refractivity contribution in [2.75, 3.05) is 33.4 Å². The van der Waals surface area contributed by atoms with Crippen molar-refractivity contribution in [1.29, 1.82) is 0 Å². The fourth-order valence-electron chi connectivity index (χ4n) is 6.33. The molecule has 1 aromatic carbocycles. The quantitative estimate of drug-likeness (QED) is 0.614. The molecule has 8 nitrogen and oxygen atoms in total. The Balaban J connectivity index is 1.06. The molecule has 8 heteroatoms. The van der Waals surface area contributed by atoms with Crippen LogP contribution in [0.4, 0.5) is 0 Å². The molecule has 0 saturated carbocycles. The molecule has 1 N–H and O–H groups in total. The Morgan fingerprint density at radius 3 is 2.82 bits per heavy atom. The number of amides is 2. The number of dihydropyridines is 1. The smallest absolute Gasteiger partial charge is 0.246 e. The second-order valence-corrected chi connectivity index (χ2v) is 11.3. The number of hydrogen-bond acceptors (Lipinski definition) is 6. The summed E-state index contributed by atoms with van der Waals surface area (Å²) in [6.07, 6.45) is 11.0. The topological polar surface area (TPSA) is 87.4 Å². The number of nitrogens with zero attached hydrogens (tertiary/aromatic N) is 3. The van der Waals surface area contributed by atoms with E-state index in [4.69, 9.17) is 9.15 Å². The molecule has 200 valence electrons. The minimum absolute atomic E-state index is 0.0848. The minimum Gasteiger partial charge on any atom is -0.459 e. The number of likely N-dealkylation sites (tertiary alicyclic amines) is 1. The van der Waals surface area contributed by atoms with Gasteiger partial charge in [-0.25, -0.2) is 0 Å². The number of fused-ring (bicyclic) bond motifs is 2. The number of aliphatic imine (C=N–C) groups is 1. The monoisotopic (exact) mass is 516 g/mol. The predicted octanol–water partition coefficient (Wildman–Crippen LogP) is 3.60. The summed E-state index contributed by atoms with van der Waals surface area (Å²) in [7, 11) is 1.78. The van der Waals surface area contributed by atoms with Crippen molar-refractivity contribution >= 4 is 29.0 Å². The van der Waals surface area contributed by atoms with Gasteiger partial charge in [0.2, 0.25) is 11.8 Å². The number of benzene rings is 1. The number of furan rings is 1. The Morgan fingerprint density at radius 2 is 2.03 bits per heavy atom. The Hall–Kier alpha value is -3.23. The van der Waals surface area contributed by atoms with E-state index in [0.717, 1.165) is 79.9 Å². The van der Waals surface area contributed by atoms with E-state index in [1.807, 2.05) is 37.3 Å². The molecule has 4 aliphatic heterocycles. The summed E-state index contributed by atoms with van der Waals surface area (Å²) in [5, 5.41) is 4.24. The summed E-state index contributed by atoms with van der Waals surface area (Å²) in [6.45, 7) is 6.07. The predicted molar refractivity (Wildman–Crippen MR) is 146 cm³/mol. The molecule has 3 unspecified atom stereocenters. The van der Waals surface area contributed by atoms with Crippen molar-refractivity contribution < 1.29 is 18.7 Å². The Bertz CT molecular complexity index is 1310. The zero-order chi connectivity index (χ0) is 26.3. The molecule has 0 radical (unpaired) electrons. The van der Waals surface area contributed by atoms with E-state index in [0.29, 0.717) is 12.0 Å². The molecule has 1 spiro atoms. The summed E-state index contributed by atoms with van der Waals surface area (Å²) >= 11 is 0. The maximum absolute atomic E-state index is 13.0. The largest absolute Gasteiger partial charge is 0.459 e. The van der Waals surface area contributed by atoms with Crippen molar-refractivity contribution in [3.63, 3.8) is 0 Å². The van der Waals surface area contributed by atoms with E-state index in [9.17, 15) is 9.59 Å². The highest BCUT2D eigenvalue weighted by Crippen LogP contribution is 2.42. The molecule has 0 bridgehead atoms. The molecule has 4 aliphatic rings. The maximum Gasteiger partial charge on any atom is 0.246 e. The first-order chi connectivity index (χ1) is 18.4. The van der Waals surface area contributed by atoms with Crippen molar-refractivity contribution in [3.05, 3.63) is 59.4 Å². The third-order valence-corrected chi connectivity index (χ3v) is 8.75. The Kier molecular flexibility index (Phi) is 6.70. The van der Waals surface area contributed by atoms with Gasteiger partial charge in [-0.2, -0.15) is 0 Å². The van der Waals surface area contributed by atoms with Gasteiger partial charge in [0.25, 0.3) is 0 Å². The molecule has 2 aromatic rings. The molecule has 0 aliphatic carbocycles. The second-order valence-electron chi connectivity index (χ2n) is 11.3. The highest BCUT2D eigenvalue weighted by atomic mass is 16.5. The van der Waals surface area contributed by atoms with Crippen LogP contribution >= 0.6 is 0 Å². The van der Waals surface area contributed by atoms with Crippen molar-refractivity contribution in [2.45, 2.75) is 51.4 Å². The van der Waals surface area contributed by atoms with Gasteiger partial charge in [0.1, 0.15) is 17.5 Å². The van der Waals surface area contributed by atoms with Gasteiger partial charge in [0, 0.05) is 67.9 Å². The maximum atomic E-state index is 13.0. The molecule has 3 fully saturated rings. The van der Waals surface area contributed by atoms with E-state index in [-0.39, 0.29) is 29.9 Å². The van der Waals surface area contributed by atoms with Crippen molar-refractivity contribution in [1.82, 2.24) is 15.1 Å². The number of ether oxygens (including phenoxy) is 1. The zero-order valence-electron chi connectivity index (χ0n) is 22.2. The Labute approximate surface area is 223 Å². The lowest BCUT2D eigenvalue weighted by atomic mass is 9.72. The second kappa shape index (κ2) is 10.2. The standard InChI is InChI=1S/C30H36N4O4/c1-20-23-5-3-4-6-25(23)38-26(20)17-33(2)27(35)10-7-21-15-22-8-9-24(29(36)32-28(22)31-16-21)34-18-30(19-34)11-13-37-14-12-30/h3-7,10,15-16,22,24,28H,8-9,11-14,17-19H2,1-2H3,(H,32,36)/b10-7+. The van der Waals surface area contributed by atoms with Crippen LogP contribution in [0.1, 0.15) is 37.0 Å². The average molecular weight is 517 g/mol. The lowest BCUT2D eigenvalue weighted by molar-refractivity contribution is -0.138. The summed E-state index contributed by atoms with van der Waals surface area (Å²) in [5.41, 5.74) is 3.14. The van der Waals surface area contributed by atoms with Crippen LogP contribution in [0, 0.1) is 18.3 Å². The number of hydrogen-bond donors (Lipinski definition) is 1. The molecule has 38 heavy (non-hydrogen) atoms. The molecule has 5 heterocycles. The van der Waals surface area contributed by atoms with Crippen molar-refractivity contribution in [2.24, 2.45) is 16.3 Å². The molecule has 6 rings (SSSR count). The van der Waals surface area contributed by atoms with Crippen LogP contribution in [0.2, 0.25) is 0 Å². The molecular formula is C30H36N4O4. The lowest BCUT2D eigenvalue weighted by Gasteiger charge is -2.54. The van der Waals surface area contributed by atoms with Gasteiger partial charge in [0.15, 0.2) is 0 Å². The first-order valence-electron chi connectivity index (χ1n) is 13.7. The molecule has 1 aromatic heterocycles. The minimum atomic E-state index is -0.239. The van der Waals surface area contributed by atoms with E-state index >= 15 is 0 Å². The highest BCUT2D eigenvalue weighted by molar-refractivity contribution is 5.92.